The lowest BCUT2D eigenvalue weighted by atomic mass is 10.0. The van der Waals surface area contributed by atoms with Crippen molar-refractivity contribution in [2.75, 3.05) is 0 Å². The molecule has 2 rings (SSSR count). The number of hydrogen-bond acceptors (Lipinski definition) is 2. The molecule has 0 radical (unpaired) electrons. The lowest BCUT2D eigenvalue weighted by molar-refractivity contribution is 0.712. The first-order chi connectivity index (χ1) is 6.24. The molecule has 0 amide bonds. The normalized spacial score (nSPS) is 19.6. The topological polar surface area (TPSA) is 49.8 Å². The summed E-state index contributed by atoms with van der Waals surface area (Å²) in [5.41, 5.74) is 8.57. The van der Waals surface area contributed by atoms with E-state index in [9.17, 15) is 0 Å². The van der Waals surface area contributed by atoms with Gasteiger partial charge in [0.25, 0.3) is 0 Å². The molecular formula is C10H9ClN2. The minimum Gasteiger partial charge on any atom is -0.324 e. The summed E-state index contributed by atoms with van der Waals surface area (Å²) in [7, 11) is 0. The molecule has 2 nitrogen and oxygen atoms in total. The van der Waals surface area contributed by atoms with E-state index in [4.69, 9.17) is 22.6 Å². The van der Waals surface area contributed by atoms with E-state index < -0.39 is 0 Å². The largest absolute Gasteiger partial charge is 0.324 e. The fourth-order valence-electron chi connectivity index (χ4n) is 1.85. The molecule has 1 aromatic rings. The molecule has 0 saturated heterocycles. The van der Waals surface area contributed by atoms with Gasteiger partial charge < -0.3 is 5.73 Å². The maximum absolute atomic E-state index is 8.91. The Morgan fingerprint density at radius 3 is 3.00 bits per heavy atom. The summed E-state index contributed by atoms with van der Waals surface area (Å²) in [4.78, 5) is 0. The number of nitrogens with two attached hydrogens (primary N) is 1. The number of hydrogen-bond donors (Lipinski definition) is 1. The Balaban J connectivity index is 2.69. The van der Waals surface area contributed by atoms with E-state index in [1.807, 2.05) is 6.07 Å². The Morgan fingerprint density at radius 2 is 2.31 bits per heavy atom. The molecule has 1 aromatic carbocycles. The van der Waals surface area contributed by atoms with Gasteiger partial charge in [-0.25, -0.2) is 0 Å². The molecule has 2 N–H and O–H groups in total. The minimum atomic E-state index is -0.0108. The van der Waals surface area contributed by atoms with E-state index in [-0.39, 0.29) is 6.04 Å². The second kappa shape index (κ2) is 3.02. The molecule has 13 heavy (non-hydrogen) atoms. The van der Waals surface area contributed by atoms with E-state index in [1.165, 1.54) is 5.56 Å². The SMILES string of the molecule is N#Cc1c(Cl)ccc2c1[C@@H](N)CC2. The summed E-state index contributed by atoms with van der Waals surface area (Å²) in [5, 5.41) is 9.42. The molecule has 0 saturated carbocycles. The van der Waals surface area contributed by atoms with Crippen molar-refractivity contribution in [3.8, 4) is 6.07 Å². The molecule has 66 valence electrons. The van der Waals surface area contributed by atoms with Gasteiger partial charge in [-0.2, -0.15) is 5.26 Å². The van der Waals surface area contributed by atoms with Crippen molar-refractivity contribution in [1.82, 2.24) is 0 Å². The monoisotopic (exact) mass is 192 g/mol. The van der Waals surface area contributed by atoms with Crippen LogP contribution in [0.4, 0.5) is 0 Å². The van der Waals surface area contributed by atoms with Gasteiger partial charge in [-0.1, -0.05) is 17.7 Å². The summed E-state index contributed by atoms with van der Waals surface area (Å²) in [5.74, 6) is 0. The van der Waals surface area contributed by atoms with Crippen LogP contribution in [-0.4, -0.2) is 0 Å². The van der Waals surface area contributed by atoms with Gasteiger partial charge in [0.1, 0.15) is 6.07 Å². The number of rotatable bonds is 0. The predicted octanol–water partition coefficient (Wildman–Crippen LogP) is 2.16. The maximum Gasteiger partial charge on any atom is 0.101 e. The van der Waals surface area contributed by atoms with Crippen LogP contribution in [0, 0.1) is 11.3 Å². The fraction of sp³-hybridized carbons (Fsp3) is 0.300. The van der Waals surface area contributed by atoms with Gasteiger partial charge in [0.15, 0.2) is 0 Å². The molecule has 1 atom stereocenters. The zero-order valence-corrected chi connectivity index (χ0v) is 7.80. The lowest BCUT2D eigenvalue weighted by Crippen LogP contribution is -2.07. The third kappa shape index (κ3) is 1.21. The van der Waals surface area contributed by atoms with Crippen molar-refractivity contribution < 1.29 is 0 Å². The van der Waals surface area contributed by atoms with Crippen molar-refractivity contribution in [3.63, 3.8) is 0 Å². The summed E-state index contributed by atoms with van der Waals surface area (Å²) in [6.07, 6.45) is 1.88. The first-order valence-electron chi connectivity index (χ1n) is 4.21. The summed E-state index contributed by atoms with van der Waals surface area (Å²) >= 11 is 5.90. The van der Waals surface area contributed by atoms with Crippen LogP contribution in [0.5, 0.6) is 0 Å². The van der Waals surface area contributed by atoms with Crippen LogP contribution in [0.1, 0.15) is 29.2 Å². The van der Waals surface area contributed by atoms with Gasteiger partial charge in [0.05, 0.1) is 10.6 Å². The Bertz CT molecular complexity index is 393. The maximum atomic E-state index is 8.91. The smallest absolute Gasteiger partial charge is 0.101 e. The molecule has 1 aliphatic carbocycles. The highest BCUT2D eigenvalue weighted by molar-refractivity contribution is 6.31. The Kier molecular flexibility index (Phi) is 1.99. The average Bonchev–Trinajstić information content (AvgIpc) is 2.49. The van der Waals surface area contributed by atoms with Crippen LogP contribution in [0.3, 0.4) is 0 Å². The Labute approximate surface area is 81.9 Å². The number of aryl methyl sites for hydroxylation is 1. The number of benzene rings is 1. The van der Waals surface area contributed by atoms with Crippen LogP contribution in [0.25, 0.3) is 0 Å². The fourth-order valence-corrected chi connectivity index (χ4v) is 2.05. The highest BCUT2D eigenvalue weighted by Gasteiger charge is 2.23. The molecule has 0 aliphatic heterocycles. The highest BCUT2D eigenvalue weighted by Crippen LogP contribution is 2.34. The molecular weight excluding hydrogens is 184 g/mol. The van der Waals surface area contributed by atoms with Crippen LogP contribution in [0.2, 0.25) is 5.02 Å². The lowest BCUT2D eigenvalue weighted by Gasteiger charge is -2.07. The van der Waals surface area contributed by atoms with Crippen LogP contribution in [0.15, 0.2) is 12.1 Å². The van der Waals surface area contributed by atoms with Crippen molar-refractivity contribution in [3.05, 3.63) is 33.8 Å². The summed E-state index contributed by atoms with van der Waals surface area (Å²) in [6.45, 7) is 0. The molecule has 1 aliphatic rings. The van der Waals surface area contributed by atoms with Gasteiger partial charge in [-0.3, -0.25) is 0 Å². The second-order valence-corrected chi connectivity index (χ2v) is 3.66. The quantitative estimate of drug-likeness (QED) is 0.685. The minimum absolute atomic E-state index is 0.0108. The molecule has 3 heteroatoms. The van der Waals surface area contributed by atoms with Gasteiger partial charge in [-0.05, 0) is 30.0 Å². The number of fused-ring (bicyclic) bond motifs is 1. The average molecular weight is 193 g/mol. The first kappa shape index (κ1) is 8.55. The van der Waals surface area contributed by atoms with Crippen molar-refractivity contribution in [2.45, 2.75) is 18.9 Å². The van der Waals surface area contributed by atoms with Crippen molar-refractivity contribution in [1.29, 1.82) is 5.26 Å². The molecule has 0 unspecified atom stereocenters. The van der Waals surface area contributed by atoms with Crippen LogP contribution >= 0.6 is 11.6 Å². The number of nitrogens with zero attached hydrogens (tertiary/aromatic N) is 1. The summed E-state index contributed by atoms with van der Waals surface area (Å²) < 4.78 is 0. The van der Waals surface area contributed by atoms with E-state index in [0.717, 1.165) is 18.4 Å². The molecule has 0 bridgehead atoms. The Morgan fingerprint density at radius 1 is 1.54 bits per heavy atom. The van der Waals surface area contributed by atoms with Gasteiger partial charge in [-0.15, -0.1) is 0 Å². The zero-order chi connectivity index (χ0) is 9.42. The summed E-state index contributed by atoms with van der Waals surface area (Å²) in [6, 6.07) is 5.84. The number of nitriles is 1. The molecule has 0 aromatic heterocycles. The van der Waals surface area contributed by atoms with Gasteiger partial charge in [0, 0.05) is 6.04 Å². The third-order valence-corrected chi connectivity index (χ3v) is 2.81. The highest BCUT2D eigenvalue weighted by atomic mass is 35.5. The zero-order valence-electron chi connectivity index (χ0n) is 7.05. The first-order valence-corrected chi connectivity index (χ1v) is 4.59. The number of halogens is 1. The van der Waals surface area contributed by atoms with Gasteiger partial charge in [0.2, 0.25) is 0 Å². The second-order valence-electron chi connectivity index (χ2n) is 3.25. The van der Waals surface area contributed by atoms with E-state index in [2.05, 4.69) is 6.07 Å². The van der Waals surface area contributed by atoms with Crippen molar-refractivity contribution >= 4 is 11.6 Å². The van der Waals surface area contributed by atoms with E-state index in [1.54, 1.807) is 6.07 Å². The van der Waals surface area contributed by atoms with Crippen LogP contribution < -0.4 is 5.73 Å². The molecule has 0 heterocycles. The van der Waals surface area contributed by atoms with E-state index >= 15 is 0 Å². The van der Waals surface area contributed by atoms with E-state index in [0.29, 0.717) is 10.6 Å². The van der Waals surface area contributed by atoms with Crippen LogP contribution in [-0.2, 0) is 6.42 Å². The molecule has 0 fully saturated rings. The van der Waals surface area contributed by atoms with Gasteiger partial charge >= 0.3 is 0 Å². The predicted molar refractivity (Wildman–Crippen MR) is 51.4 cm³/mol. The van der Waals surface area contributed by atoms with Crippen molar-refractivity contribution in [2.24, 2.45) is 5.73 Å². The Hall–Kier alpha value is -1.04. The third-order valence-electron chi connectivity index (χ3n) is 2.49. The molecule has 0 spiro atoms. The standard InChI is InChI=1S/C10H9ClN2/c11-8-3-1-6-2-4-9(13)10(6)7(8)5-12/h1,3,9H,2,4,13H2/t9-/m0/s1.